The predicted octanol–water partition coefficient (Wildman–Crippen LogP) is -0.133. The Kier molecular flexibility index (Phi) is 2.68. The van der Waals surface area contributed by atoms with Crippen LogP contribution in [0.1, 0.15) is 5.82 Å². The fraction of sp³-hybridized carbons (Fsp3) is 0.125. The van der Waals surface area contributed by atoms with Gasteiger partial charge in [-0.3, -0.25) is 4.79 Å². The molecular formula is C8H8N4O4S. The van der Waals surface area contributed by atoms with Crippen LogP contribution in [0.4, 0.5) is 6.01 Å². The molecule has 90 valence electrons. The Morgan fingerprint density at radius 1 is 1.47 bits per heavy atom. The van der Waals surface area contributed by atoms with E-state index in [0.29, 0.717) is 0 Å². The molecule has 0 aliphatic rings. The first-order chi connectivity index (χ1) is 7.99. The Morgan fingerprint density at radius 3 is 2.82 bits per heavy atom. The number of rotatable bonds is 3. The van der Waals surface area contributed by atoms with Crippen LogP contribution in [0.2, 0.25) is 0 Å². The zero-order valence-corrected chi connectivity index (χ0v) is 9.48. The molecule has 0 aliphatic heterocycles. The van der Waals surface area contributed by atoms with Crippen LogP contribution >= 0.6 is 0 Å². The van der Waals surface area contributed by atoms with Crippen LogP contribution in [0.3, 0.4) is 0 Å². The molecule has 0 radical (unpaired) electrons. The summed E-state index contributed by atoms with van der Waals surface area (Å²) in [6.45, 7) is 1.54. The molecular weight excluding hydrogens is 248 g/mol. The lowest BCUT2D eigenvalue weighted by Gasteiger charge is -2.01. The number of H-pyrrole nitrogens is 1. The molecule has 0 saturated carbocycles. The molecule has 0 atom stereocenters. The van der Waals surface area contributed by atoms with Gasteiger partial charge in [-0.05, 0) is 6.92 Å². The monoisotopic (exact) mass is 256 g/mol. The number of nitrogens with one attached hydrogen (secondary N) is 2. The van der Waals surface area contributed by atoms with Crippen molar-refractivity contribution >= 4 is 16.0 Å². The van der Waals surface area contributed by atoms with E-state index in [2.05, 4.69) is 19.6 Å². The van der Waals surface area contributed by atoms with Crippen molar-refractivity contribution in [2.45, 2.75) is 11.8 Å². The number of pyridine rings is 1. The number of aryl methyl sites for hydroxylation is 1. The lowest BCUT2D eigenvalue weighted by atomic mass is 10.5. The molecule has 2 N–H and O–H groups in total. The largest absolute Gasteiger partial charge is 0.366 e. The fourth-order valence-corrected chi connectivity index (χ4v) is 2.10. The summed E-state index contributed by atoms with van der Waals surface area (Å²) in [6.07, 6.45) is 2.41. The van der Waals surface area contributed by atoms with Gasteiger partial charge in [0.2, 0.25) is 5.43 Å². The molecule has 0 spiro atoms. The Balaban J connectivity index is 2.38. The first kappa shape index (κ1) is 11.3. The maximum atomic E-state index is 11.8. The van der Waals surface area contributed by atoms with Crippen molar-refractivity contribution < 1.29 is 12.9 Å². The van der Waals surface area contributed by atoms with E-state index >= 15 is 0 Å². The Morgan fingerprint density at radius 2 is 2.24 bits per heavy atom. The summed E-state index contributed by atoms with van der Waals surface area (Å²) >= 11 is 0. The average Bonchev–Trinajstić information content (AvgIpc) is 2.63. The minimum Gasteiger partial charge on any atom is -0.366 e. The summed E-state index contributed by atoms with van der Waals surface area (Å²) in [5.41, 5.74) is -0.632. The van der Waals surface area contributed by atoms with Crippen molar-refractivity contribution in [3.63, 3.8) is 0 Å². The molecule has 9 heteroatoms. The molecule has 0 amide bonds. The van der Waals surface area contributed by atoms with E-state index in [-0.39, 0.29) is 11.8 Å². The topological polar surface area (TPSA) is 118 Å². The maximum absolute atomic E-state index is 11.8. The van der Waals surface area contributed by atoms with E-state index < -0.39 is 20.3 Å². The molecule has 0 bridgehead atoms. The second-order valence-corrected chi connectivity index (χ2v) is 4.78. The van der Waals surface area contributed by atoms with Crippen LogP contribution in [-0.4, -0.2) is 23.5 Å². The smallest absolute Gasteiger partial charge is 0.335 e. The number of aromatic amines is 1. The average molecular weight is 256 g/mol. The summed E-state index contributed by atoms with van der Waals surface area (Å²) < 4.78 is 30.2. The second-order valence-electron chi connectivity index (χ2n) is 3.13. The highest BCUT2D eigenvalue weighted by molar-refractivity contribution is 7.92. The molecule has 2 rings (SSSR count). The molecule has 8 nitrogen and oxygen atoms in total. The van der Waals surface area contributed by atoms with Crippen molar-refractivity contribution in [1.29, 1.82) is 0 Å². The number of hydrogen-bond acceptors (Lipinski definition) is 6. The number of sulfonamides is 1. The lowest BCUT2D eigenvalue weighted by molar-refractivity contribution is 0.429. The minimum absolute atomic E-state index is 0.282. The van der Waals surface area contributed by atoms with Crippen molar-refractivity contribution in [1.82, 2.24) is 15.1 Å². The third-order valence-corrected chi connectivity index (χ3v) is 3.17. The highest BCUT2D eigenvalue weighted by Crippen LogP contribution is 2.09. The van der Waals surface area contributed by atoms with Gasteiger partial charge in [-0.25, -0.2) is 13.1 Å². The molecule has 0 fully saturated rings. The Bertz CT molecular complexity index is 687. The third-order valence-electron chi connectivity index (χ3n) is 1.83. The number of hydrogen-bond donors (Lipinski definition) is 2. The lowest BCUT2D eigenvalue weighted by Crippen LogP contribution is -2.21. The SMILES string of the molecule is Cc1noc(NS(=O)(=O)c2c[nH]ccc2=O)n1. The van der Waals surface area contributed by atoms with Gasteiger partial charge in [0.05, 0.1) is 0 Å². The van der Waals surface area contributed by atoms with Crippen molar-refractivity contribution in [2.24, 2.45) is 0 Å². The normalized spacial score (nSPS) is 11.4. The van der Waals surface area contributed by atoms with Crippen molar-refractivity contribution in [3.05, 3.63) is 34.5 Å². The van der Waals surface area contributed by atoms with Gasteiger partial charge in [0.15, 0.2) is 10.7 Å². The standard InChI is InChI=1S/C8H8N4O4S/c1-5-10-8(16-11-5)12-17(14,15)7-4-9-3-2-6(7)13/h2-4H,1H3,(H,9,13)(H,10,11,12). The second kappa shape index (κ2) is 4.01. The summed E-state index contributed by atoms with van der Waals surface area (Å²) in [6, 6.07) is 0.818. The van der Waals surface area contributed by atoms with Crippen LogP contribution in [0.5, 0.6) is 0 Å². The van der Waals surface area contributed by atoms with Gasteiger partial charge in [0, 0.05) is 18.5 Å². The van der Waals surface area contributed by atoms with Gasteiger partial charge in [-0.1, -0.05) is 5.16 Å². The molecule has 0 unspecified atom stereocenters. The van der Waals surface area contributed by atoms with Crippen molar-refractivity contribution in [3.8, 4) is 0 Å². The van der Waals surface area contributed by atoms with Crippen LogP contribution in [-0.2, 0) is 10.0 Å². The molecule has 17 heavy (non-hydrogen) atoms. The first-order valence-corrected chi connectivity index (χ1v) is 5.97. The van der Waals surface area contributed by atoms with E-state index in [9.17, 15) is 13.2 Å². The van der Waals surface area contributed by atoms with Gasteiger partial charge in [-0.15, -0.1) is 0 Å². The summed E-state index contributed by atoms with van der Waals surface area (Å²) in [5.74, 6) is 0.282. The van der Waals surface area contributed by atoms with E-state index in [4.69, 9.17) is 0 Å². The number of nitrogens with zero attached hydrogens (tertiary/aromatic N) is 2. The highest BCUT2D eigenvalue weighted by Gasteiger charge is 2.20. The van der Waals surface area contributed by atoms with Gasteiger partial charge in [0.25, 0.3) is 10.0 Å². The van der Waals surface area contributed by atoms with Gasteiger partial charge >= 0.3 is 6.01 Å². The summed E-state index contributed by atoms with van der Waals surface area (Å²) in [5, 5.41) is 3.42. The van der Waals surface area contributed by atoms with Crippen LogP contribution in [0.25, 0.3) is 0 Å². The molecule has 2 aromatic rings. The van der Waals surface area contributed by atoms with Crippen LogP contribution in [0.15, 0.2) is 32.7 Å². The molecule has 2 heterocycles. The maximum Gasteiger partial charge on any atom is 0.335 e. The summed E-state index contributed by atoms with van der Waals surface area (Å²) in [7, 11) is -4.02. The van der Waals surface area contributed by atoms with E-state index in [1.165, 1.54) is 13.1 Å². The zero-order valence-electron chi connectivity index (χ0n) is 8.67. The van der Waals surface area contributed by atoms with Crippen molar-refractivity contribution in [2.75, 3.05) is 4.72 Å². The van der Waals surface area contributed by atoms with Crippen LogP contribution < -0.4 is 10.2 Å². The number of anilines is 1. The number of aromatic nitrogens is 3. The van der Waals surface area contributed by atoms with E-state index in [0.717, 1.165) is 12.3 Å². The van der Waals surface area contributed by atoms with E-state index in [1.54, 1.807) is 0 Å². The van der Waals surface area contributed by atoms with Crippen LogP contribution in [0, 0.1) is 6.92 Å². The quantitative estimate of drug-likeness (QED) is 0.789. The predicted molar refractivity (Wildman–Crippen MR) is 56.9 cm³/mol. The zero-order chi connectivity index (χ0) is 12.5. The third kappa shape index (κ3) is 2.33. The molecule has 0 saturated heterocycles. The van der Waals surface area contributed by atoms with Gasteiger partial charge in [0.1, 0.15) is 0 Å². The minimum atomic E-state index is -4.02. The first-order valence-electron chi connectivity index (χ1n) is 4.49. The van der Waals surface area contributed by atoms with Gasteiger partial charge in [-0.2, -0.15) is 4.98 Å². The summed E-state index contributed by atoms with van der Waals surface area (Å²) in [4.78, 5) is 17.1. The Hall–Kier alpha value is -2.16. The Labute approximate surface area is 95.7 Å². The molecule has 0 aliphatic carbocycles. The highest BCUT2D eigenvalue weighted by atomic mass is 32.2. The molecule has 0 aromatic carbocycles. The van der Waals surface area contributed by atoms with E-state index in [1.807, 2.05) is 4.72 Å². The van der Waals surface area contributed by atoms with Gasteiger partial charge < -0.3 is 9.51 Å². The fourth-order valence-electron chi connectivity index (χ4n) is 1.12. The molecule has 2 aromatic heterocycles.